The first-order valence-electron chi connectivity index (χ1n) is 7.94. The van der Waals surface area contributed by atoms with Gasteiger partial charge in [0, 0.05) is 25.2 Å². The Balaban J connectivity index is 2.05. The zero-order chi connectivity index (χ0) is 19.3. The lowest BCUT2D eigenvalue weighted by atomic mass is 10.1. The first-order valence-corrected chi connectivity index (χ1v) is 7.94. The van der Waals surface area contributed by atoms with Crippen LogP contribution in [-0.2, 0) is 17.5 Å². The summed E-state index contributed by atoms with van der Waals surface area (Å²) in [5.74, 6) is 0.401. The minimum absolute atomic E-state index is 0.215. The number of ether oxygens (including phenoxy) is 1. The molecular weight excluding hydrogens is 343 g/mol. The molecule has 138 valence electrons. The van der Waals surface area contributed by atoms with Gasteiger partial charge in [0.2, 0.25) is 5.91 Å². The summed E-state index contributed by atoms with van der Waals surface area (Å²) in [4.78, 5) is 13.7. The zero-order valence-corrected chi connectivity index (χ0v) is 14.8. The van der Waals surface area contributed by atoms with E-state index in [-0.39, 0.29) is 12.5 Å². The summed E-state index contributed by atoms with van der Waals surface area (Å²) >= 11 is 0. The van der Waals surface area contributed by atoms with Gasteiger partial charge < -0.3 is 9.64 Å². The maximum atomic E-state index is 12.6. The molecule has 6 heteroatoms. The van der Waals surface area contributed by atoms with Crippen molar-refractivity contribution in [2.75, 3.05) is 14.2 Å². The van der Waals surface area contributed by atoms with Crippen LogP contribution < -0.4 is 4.74 Å². The quantitative estimate of drug-likeness (QED) is 0.721. The number of nitrogens with zero attached hydrogens (tertiary/aromatic N) is 1. The summed E-state index contributed by atoms with van der Waals surface area (Å²) in [6.45, 7) is 2.15. The van der Waals surface area contributed by atoms with Crippen LogP contribution in [0.25, 0.3) is 6.08 Å². The summed E-state index contributed by atoms with van der Waals surface area (Å²) < 4.78 is 43.0. The van der Waals surface area contributed by atoms with Gasteiger partial charge in [-0.3, -0.25) is 4.79 Å². The van der Waals surface area contributed by atoms with Crippen molar-refractivity contribution in [3.05, 3.63) is 70.8 Å². The van der Waals surface area contributed by atoms with Gasteiger partial charge in [0.15, 0.2) is 0 Å². The van der Waals surface area contributed by atoms with Crippen molar-refractivity contribution < 1.29 is 22.7 Å². The van der Waals surface area contributed by atoms with Crippen molar-refractivity contribution in [2.24, 2.45) is 0 Å². The molecular formula is C20H20F3NO2. The minimum Gasteiger partial charge on any atom is -0.496 e. The van der Waals surface area contributed by atoms with E-state index in [1.165, 1.54) is 23.1 Å². The van der Waals surface area contributed by atoms with E-state index >= 15 is 0 Å². The molecule has 0 atom stereocenters. The molecule has 3 nitrogen and oxygen atoms in total. The van der Waals surface area contributed by atoms with Crippen molar-refractivity contribution >= 4 is 12.0 Å². The van der Waals surface area contributed by atoms with Gasteiger partial charge in [-0.1, -0.05) is 23.8 Å². The second kappa shape index (κ2) is 8.08. The van der Waals surface area contributed by atoms with Gasteiger partial charge in [0.1, 0.15) is 5.75 Å². The normalized spacial score (nSPS) is 11.6. The topological polar surface area (TPSA) is 29.5 Å². The predicted octanol–water partition coefficient (Wildman–Crippen LogP) is 4.69. The monoisotopic (exact) mass is 363 g/mol. The van der Waals surface area contributed by atoms with Gasteiger partial charge >= 0.3 is 6.18 Å². The third kappa shape index (κ3) is 5.12. The number of halogens is 3. The fraction of sp³-hybridized carbons (Fsp3) is 0.250. The molecule has 0 bridgehead atoms. The van der Waals surface area contributed by atoms with Crippen molar-refractivity contribution in [1.29, 1.82) is 0 Å². The number of benzene rings is 2. The SMILES string of the molecule is COc1ccc(C)cc1/C=C/C(=O)N(C)Cc1ccc(C(F)(F)F)cc1. The zero-order valence-electron chi connectivity index (χ0n) is 14.8. The average Bonchev–Trinajstić information content (AvgIpc) is 2.59. The fourth-order valence-electron chi connectivity index (χ4n) is 2.42. The van der Waals surface area contributed by atoms with Gasteiger partial charge in [0.05, 0.1) is 12.7 Å². The van der Waals surface area contributed by atoms with E-state index in [4.69, 9.17) is 4.74 Å². The van der Waals surface area contributed by atoms with E-state index in [1.54, 1.807) is 20.2 Å². The van der Waals surface area contributed by atoms with E-state index in [0.29, 0.717) is 11.3 Å². The number of hydrogen-bond acceptors (Lipinski definition) is 2. The smallest absolute Gasteiger partial charge is 0.416 e. The van der Waals surface area contributed by atoms with Crippen LogP contribution in [0.3, 0.4) is 0 Å². The predicted molar refractivity (Wildman–Crippen MR) is 94.7 cm³/mol. The lowest BCUT2D eigenvalue weighted by molar-refractivity contribution is -0.137. The molecule has 0 heterocycles. The number of rotatable bonds is 5. The Morgan fingerprint density at radius 1 is 1.15 bits per heavy atom. The molecule has 0 aromatic heterocycles. The summed E-state index contributed by atoms with van der Waals surface area (Å²) in [5, 5.41) is 0. The van der Waals surface area contributed by atoms with Crippen LogP contribution in [0.5, 0.6) is 5.75 Å². The first-order chi connectivity index (χ1) is 12.2. The van der Waals surface area contributed by atoms with Crippen LogP contribution in [0.2, 0.25) is 0 Å². The highest BCUT2D eigenvalue weighted by Gasteiger charge is 2.29. The molecule has 2 rings (SSSR count). The Morgan fingerprint density at radius 2 is 1.81 bits per heavy atom. The third-order valence-electron chi connectivity index (χ3n) is 3.87. The van der Waals surface area contributed by atoms with Gasteiger partial charge in [-0.15, -0.1) is 0 Å². The Kier molecular flexibility index (Phi) is 6.08. The van der Waals surface area contributed by atoms with Crippen LogP contribution in [0.1, 0.15) is 22.3 Å². The molecule has 26 heavy (non-hydrogen) atoms. The molecule has 0 spiro atoms. The van der Waals surface area contributed by atoms with Crippen LogP contribution in [-0.4, -0.2) is 25.0 Å². The molecule has 0 saturated carbocycles. The Hall–Kier alpha value is -2.76. The van der Waals surface area contributed by atoms with Gasteiger partial charge in [-0.2, -0.15) is 13.2 Å². The highest BCUT2D eigenvalue weighted by molar-refractivity contribution is 5.92. The summed E-state index contributed by atoms with van der Waals surface area (Å²) in [7, 11) is 3.15. The third-order valence-corrected chi connectivity index (χ3v) is 3.87. The van der Waals surface area contributed by atoms with E-state index in [2.05, 4.69) is 0 Å². The average molecular weight is 363 g/mol. The summed E-state index contributed by atoms with van der Waals surface area (Å²) in [6, 6.07) is 10.4. The van der Waals surface area contributed by atoms with Crippen molar-refractivity contribution in [3.63, 3.8) is 0 Å². The van der Waals surface area contributed by atoms with Crippen LogP contribution >= 0.6 is 0 Å². The van der Waals surface area contributed by atoms with Crippen molar-refractivity contribution in [1.82, 2.24) is 4.90 Å². The van der Waals surface area contributed by atoms with E-state index in [9.17, 15) is 18.0 Å². The van der Waals surface area contributed by atoms with Gasteiger partial charge in [-0.05, 0) is 42.8 Å². The number of aryl methyl sites for hydroxylation is 1. The van der Waals surface area contributed by atoms with E-state index in [1.807, 2.05) is 25.1 Å². The number of amides is 1. The lowest BCUT2D eigenvalue weighted by Gasteiger charge is -2.16. The molecule has 0 N–H and O–H groups in total. The maximum Gasteiger partial charge on any atom is 0.416 e. The Bertz CT molecular complexity index is 796. The van der Waals surface area contributed by atoms with Crippen molar-refractivity contribution in [2.45, 2.75) is 19.6 Å². The van der Waals surface area contributed by atoms with Gasteiger partial charge in [-0.25, -0.2) is 0 Å². The highest BCUT2D eigenvalue weighted by Crippen LogP contribution is 2.29. The largest absolute Gasteiger partial charge is 0.496 e. The molecule has 0 fully saturated rings. The number of carbonyl (C=O) groups is 1. The number of alkyl halides is 3. The maximum absolute atomic E-state index is 12.6. The van der Waals surface area contributed by atoms with Gasteiger partial charge in [0.25, 0.3) is 0 Å². The number of carbonyl (C=O) groups excluding carboxylic acids is 1. The minimum atomic E-state index is -4.37. The van der Waals surface area contributed by atoms with Crippen molar-refractivity contribution in [3.8, 4) is 5.75 Å². The molecule has 0 aliphatic carbocycles. The van der Waals surface area contributed by atoms with E-state index in [0.717, 1.165) is 23.3 Å². The van der Waals surface area contributed by atoms with Crippen LogP contribution in [0, 0.1) is 6.92 Å². The Labute approximate surface area is 150 Å². The highest BCUT2D eigenvalue weighted by atomic mass is 19.4. The number of methoxy groups -OCH3 is 1. The molecule has 2 aromatic carbocycles. The van der Waals surface area contributed by atoms with Crippen LogP contribution in [0.15, 0.2) is 48.5 Å². The summed E-state index contributed by atoms with van der Waals surface area (Å²) in [6.07, 6.45) is -1.28. The Morgan fingerprint density at radius 3 is 2.38 bits per heavy atom. The lowest BCUT2D eigenvalue weighted by Crippen LogP contribution is -2.24. The standard InChI is InChI=1S/C20H20F3NO2/c1-14-4-10-18(26-3)16(12-14)7-11-19(25)24(2)13-15-5-8-17(9-6-15)20(21,22)23/h4-12H,13H2,1-3H3/b11-7+. The molecule has 1 amide bonds. The number of hydrogen-bond donors (Lipinski definition) is 0. The first kappa shape index (κ1) is 19.6. The molecule has 0 radical (unpaired) electrons. The molecule has 2 aromatic rings. The second-order valence-electron chi connectivity index (χ2n) is 5.97. The molecule has 0 aliphatic heterocycles. The van der Waals surface area contributed by atoms with E-state index < -0.39 is 11.7 Å². The summed E-state index contributed by atoms with van der Waals surface area (Å²) in [5.41, 5.74) is 1.73. The second-order valence-corrected chi connectivity index (χ2v) is 5.97. The van der Waals surface area contributed by atoms with Crippen LogP contribution in [0.4, 0.5) is 13.2 Å². The molecule has 0 aliphatic rings. The fourth-order valence-corrected chi connectivity index (χ4v) is 2.42. The number of likely N-dealkylation sites (N-methyl/N-ethyl adjacent to an activating group) is 1. The molecule has 0 unspecified atom stereocenters. The molecule has 0 saturated heterocycles.